The van der Waals surface area contributed by atoms with E-state index in [9.17, 15) is 28.8 Å². The first-order valence-corrected chi connectivity index (χ1v) is 11.0. The zero-order chi connectivity index (χ0) is 27.7. The Labute approximate surface area is 216 Å². The van der Waals surface area contributed by atoms with E-state index in [1.54, 1.807) is 0 Å². The van der Waals surface area contributed by atoms with Crippen molar-refractivity contribution < 1.29 is 38.2 Å². The van der Waals surface area contributed by atoms with Crippen LogP contribution >= 0.6 is 0 Å². The van der Waals surface area contributed by atoms with Crippen LogP contribution in [0.3, 0.4) is 0 Å². The van der Waals surface area contributed by atoms with Crippen molar-refractivity contribution in [2.24, 2.45) is 0 Å². The second kappa shape index (κ2) is 12.4. The van der Waals surface area contributed by atoms with Gasteiger partial charge in [-0.3, -0.25) is 50.5 Å². The molecule has 4 N–H and O–H groups in total. The molecule has 0 saturated heterocycles. The lowest BCUT2D eigenvalue weighted by Crippen LogP contribution is -2.42. The van der Waals surface area contributed by atoms with Crippen molar-refractivity contribution in [3.8, 4) is 11.5 Å². The lowest BCUT2D eigenvalue weighted by atomic mass is 10.1. The van der Waals surface area contributed by atoms with E-state index >= 15 is 0 Å². The molecule has 0 saturated carbocycles. The number of ether oxygens (including phenoxy) is 2. The normalized spacial score (nSPS) is 9.95. The molecule has 3 aromatic carbocycles. The van der Waals surface area contributed by atoms with Gasteiger partial charge in [-0.15, -0.1) is 0 Å². The maximum Gasteiger partial charge on any atom is 0.308 e. The van der Waals surface area contributed by atoms with Gasteiger partial charge in [-0.2, -0.15) is 0 Å². The van der Waals surface area contributed by atoms with Gasteiger partial charge in [0.2, 0.25) is 0 Å². The van der Waals surface area contributed by atoms with E-state index in [1.807, 2.05) is 0 Å². The molecule has 4 amide bonds. The summed E-state index contributed by atoms with van der Waals surface area (Å²) in [5.41, 5.74) is 9.51. The number of hydrogen-bond donors (Lipinski definition) is 4. The summed E-state index contributed by atoms with van der Waals surface area (Å²) in [6.45, 7) is 2.50. The van der Waals surface area contributed by atoms with E-state index in [0.29, 0.717) is 0 Å². The molecule has 0 heterocycles. The molecule has 0 aliphatic rings. The maximum absolute atomic E-state index is 12.5. The number of rotatable bonds is 6. The lowest BCUT2D eigenvalue weighted by Gasteiger charge is -2.10. The molecule has 0 aliphatic heterocycles. The number of nitrogens with one attached hydrogen (secondary N) is 4. The van der Waals surface area contributed by atoms with Gasteiger partial charge in [-0.1, -0.05) is 6.07 Å². The van der Waals surface area contributed by atoms with Gasteiger partial charge >= 0.3 is 11.9 Å². The van der Waals surface area contributed by atoms with Crippen molar-refractivity contribution in [3.05, 3.63) is 95.1 Å². The van der Waals surface area contributed by atoms with Gasteiger partial charge in [0.1, 0.15) is 11.5 Å². The van der Waals surface area contributed by atoms with Gasteiger partial charge in [-0.05, 0) is 66.7 Å². The van der Waals surface area contributed by atoms with E-state index in [2.05, 4.69) is 21.7 Å². The molecular formula is C26H22N4O8. The van der Waals surface area contributed by atoms with Gasteiger partial charge in [0, 0.05) is 36.1 Å². The van der Waals surface area contributed by atoms with E-state index in [0.717, 1.165) is 0 Å². The molecule has 0 spiro atoms. The molecule has 3 aromatic rings. The molecule has 194 valence electrons. The van der Waals surface area contributed by atoms with Crippen LogP contribution in [0.2, 0.25) is 0 Å². The molecule has 12 nitrogen and oxygen atoms in total. The van der Waals surface area contributed by atoms with Crippen molar-refractivity contribution in [1.82, 2.24) is 21.7 Å². The van der Waals surface area contributed by atoms with Crippen molar-refractivity contribution in [2.45, 2.75) is 13.8 Å². The molecule has 12 heteroatoms. The van der Waals surface area contributed by atoms with E-state index in [1.165, 1.54) is 86.6 Å². The Morgan fingerprint density at radius 1 is 0.474 bits per heavy atom. The molecule has 0 aromatic heterocycles. The average molecular weight is 518 g/mol. The Morgan fingerprint density at radius 2 is 0.789 bits per heavy atom. The van der Waals surface area contributed by atoms with Crippen molar-refractivity contribution >= 4 is 35.6 Å². The molecule has 3 rings (SSSR count). The smallest absolute Gasteiger partial charge is 0.308 e. The summed E-state index contributed by atoms with van der Waals surface area (Å²) in [7, 11) is 0. The first-order chi connectivity index (χ1) is 18.1. The highest BCUT2D eigenvalue weighted by Gasteiger charge is 2.14. The number of carbonyl (C=O) groups excluding carboxylic acids is 6. The highest BCUT2D eigenvalue weighted by molar-refractivity contribution is 6.02. The van der Waals surface area contributed by atoms with Crippen LogP contribution in [0.15, 0.2) is 72.8 Å². The first kappa shape index (κ1) is 27.1. The zero-order valence-electron chi connectivity index (χ0n) is 20.2. The molecule has 38 heavy (non-hydrogen) atoms. The van der Waals surface area contributed by atoms with Crippen molar-refractivity contribution in [1.29, 1.82) is 0 Å². The van der Waals surface area contributed by atoms with Crippen molar-refractivity contribution in [3.63, 3.8) is 0 Å². The van der Waals surface area contributed by atoms with Crippen LogP contribution in [-0.4, -0.2) is 35.6 Å². The number of hydrogen-bond acceptors (Lipinski definition) is 8. The van der Waals surface area contributed by atoms with Crippen LogP contribution in [0.5, 0.6) is 11.5 Å². The second-order valence-corrected chi connectivity index (χ2v) is 7.63. The number of carbonyl (C=O) groups is 6. The van der Waals surface area contributed by atoms with Gasteiger partial charge in [0.25, 0.3) is 23.6 Å². The summed E-state index contributed by atoms with van der Waals surface area (Å²) in [6, 6.07) is 16.9. The lowest BCUT2D eigenvalue weighted by molar-refractivity contribution is -0.132. The first-order valence-electron chi connectivity index (χ1n) is 11.0. The molecule has 0 radical (unpaired) electrons. The third-order valence-corrected chi connectivity index (χ3v) is 4.72. The summed E-state index contributed by atoms with van der Waals surface area (Å²) in [6.07, 6.45) is 0. The number of hydrazine groups is 2. The second-order valence-electron chi connectivity index (χ2n) is 7.63. The Balaban J connectivity index is 1.53. The summed E-state index contributed by atoms with van der Waals surface area (Å²) in [5, 5.41) is 0. The standard InChI is InChI=1S/C26H22N4O8/c1-15(31)37-21-10-6-17(7-11-21)23(33)27-29-25(35)19-4-3-5-20(14-19)26(36)30-28-24(34)18-8-12-22(13-9-18)38-16(2)32/h3-14H,1-2H3,(H,27,33)(H,28,34)(H,29,35)(H,30,36). The predicted octanol–water partition coefficient (Wildman–Crippen LogP) is 1.69. The third-order valence-electron chi connectivity index (χ3n) is 4.72. The number of benzene rings is 3. The van der Waals surface area contributed by atoms with Gasteiger partial charge < -0.3 is 9.47 Å². The molecule has 0 fully saturated rings. The molecule has 0 bridgehead atoms. The Hall–Kier alpha value is -5.52. The Kier molecular flexibility index (Phi) is 8.87. The Morgan fingerprint density at radius 3 is 1.11 bits per heavy atom. The van der Waals surface area contributed by atoms with Crippen LogP contribution in [0.4, 0.5) is 0 Å². The summed E-state index contributed by atoms with van der Waals surface area (Å²) in [4.78, 5) is 71.4. The van der Waals surface area contributed by atoms with Gasteiger partial charge in [0.15, 0.2) is 0 Å². The minimum absolute atomic E-state index is 0.0653. The minimum atomic E-state index is -0.693. The van der Waals surface area contributed by atoms with E-state index < -0.39 is 35.6 Å². The van der Waals surface area contributed by atoms with Crippen molar-refractivity contribution in [2.75, 3.05) is 0 Å². The van der Waals surface area contributed by atoms with E-state index in [4.69, 9.17) is 9.47 Å². The largest absolute Gasteiger partial charge is 0.427 e. The maximum atomic E-state index is 12.5. The molecule has 0 unspecified atom stereocenters. The highest BCUT2D eigenvalue weighted by Crippen LogP contribution is 2.13. The fraction of sp³-hybridized carbons (Fsp3) is 0.0769. The van der Waals surface area contributed by atoms with Crippen LogP contribution < -0.4 is 31.2 Å². The Bertz CT molecular complexity index is 1280. The fourth-order valence-electron chi connectivity index (χ4n) is 3.00. The SMILES string of the molecule is CC(=O)Oc1ccc(C(=O)NNC(=O)c2cccc(C(=O)NNC(=O)c3ccc(OC(C)=O)cc3)c2)cc1. The summed E-state index contributed by atoms with van der Waals surface area (Å²) < 4.78 is 9.79. The van der Waals surface area contributed by atoms with Crippen LogP contribution in [0.25, 0.3) is 0 Å². The van der Waals surface area contributed by atoms with Crippen LogP contribution in [-0.2, 0) is 9.59 Å². The zero-order valence-corrected chi connectivity index (χ0v) is 20.2. The van der Waals surface area contributed by atoms with Crippen LogP contribution in [0.1, 0.15) is 55.3 Å². The number of amides is 4. The molecular weight excluding hydrogens is 496 g/mol. The monoisotopic (exact) mass is 518 g/mol. The van der Waals surface area contributed by atoms with Gasteiger partial charge in [0.05, 0.1) is 0 Å². The van der Waals surface area contributed by atoms with Crippen LogP contribution in [0, 0.1) is 0 Å². The quantitative estimate of drug-likeness (QED) is 0.217. The highest BCUT2D eigenvalue weighted by atomic mass is 16.5. The average Bonchev–Trinajstić information content (AvgIpc) is 2.90. The molecule has 0 atom stereocenters. The summed E-state index contributed by atoms with van der Waals surface area (Å²) >= 11 is 0. The van der Waals surface area contributed by atoms with E-state index in [-0.39, 0.29) is 33.8 Å². The third kappa shape index (κ3) is 7.75. The fourth-order valence-corrected chi connectivity index (χ4v) is 3.00. The summed E-state index contributed by atoms with van der Waals surface area (Å²) in [5.74, 6) is -3.10. The topological polar surface area (TPSA) is 169 Å². The molecule has 0 aliphatic carbocycles. The minimum Gasteiger partial charge on any atom is -0.427 e. The number of esters is 2. The predicted molar refractivity (Wildman–Crippen MR) is 132 cm³/mol. The van der Waals surface area contributed by atoms with Gasteiger partial charge in [-0.25, -0.2) is 0 Å².